The Bertz CT molecular complexity index is 403. The van der Waals surface area contributed by atoms with E-state index in [9.17, 15) is 9.59 Å². The molecule has 0 bridgehead atoms. The Morgan fingerprint density at radius 2 is 2.24 bits per heavy atom. The van der Waals surface area contributed by atoms with Crippen molar-refractivity contribution in [1.82, 2.24) is 15.0 Å². The number of halogens is 2. The molecule has 0 radical (unpaired) electrons. The van der Waals surface area contributed by atoms with E-state index in [1.807, 2.05) is 18.7 Å². The zero-order valence-corrected chi connectivity index (χ0v) is 16.3. The molecule has 120 valence electrons. The van der Waals surface area contributed by atoms with Gasteiger partial charge in [0.25, 0.3) is 0 Å². The molecule has 1 saturated heterocycles. The number of nitrogens with zero attached hydrogens (tertiary/aromatic N) is 3. The van der Waals surface area contributed by atoms with Gasteiger partial charge in [-0.25, -0.2) is 4.78 Å². The lowest BCUT2D eigenvalue weighted by Gasteiger charge is -2.22. The topological polar surface area (TPSA) is 65.0 Å². The van der Waals surface area contributed by atoms with Crippen molar-refractivity contribution >= 4 is 58.5 Å². The van der Waals surface area contributed by atoms with Crippen molar-refractivity contribution in [2.45, 2.75) is 27.2 Å². The van der Waals surface area contributed by atoms with E-state index in [1.165, 1.54) is 11.0 Å². The molecule has 0 aliphatic carbocycles. The van der Waals surface area contributed by atoms with Crippen LogP contribution in [0.4, 0.5) is 0 Å². The zero-order chi connectivity index (χ0) is 16.3. The standard InChI is InChI=1S/C10H15ClIN4O2P.C2H6/c1-8(11)9(5-14-16(7-17)19-12)15-4-2-3-13-10(18)6-15;1-2/h5,7,19H,2-4,6H2,1H3,(H,13,18);1-2H3/b9-8-,14-5-;. The number of carbonyl (C=O) groups is 2. The third-order valence-electron chi connectivity index (χ3n) is 2.45. The molecule has 0 aromatic rings. The highest BCUT2D eigenvalue weighted by Crippen LogP contribution is 2.25. The third-order valence-corrected chi connectivity index (χ3v) is 4.52. The lowest BCUT2D eigenvalue weighted by molar-refractivity contribution is -0.121. The molecule has 1 aliphatic heterocycles. The summed E-state index contributed by atoms with van der Waals surface area (Å²) in [5.41, 5.74) is 0.667. The molecule has 1 heterocycles. The highest BCUT2D eigenvalue weighted by molar-refractivity contribution is 14.2. The van der Waals surface area contributed by atoms with Crippen molar-refractivity contribution in [1.29, 1.82) is 0 Å². The molecule has 2 amide bonds. The number of nitrogens with one attached hydrogen (secondary N) is 1. The molecule has 0 spiro atoms. The predicted octanol–water partition coefficient (Wildman–Crippen LogP) is 2.69. The van der Waals surface area contributed by atoms with E-state index in [0.29, 0.717) is 23.7 Å². The molecule has 6 nitrogen and oxygen atoms in total. The number of hydrogen-bond donors (Lipinski definition) is 1. The van der Waals surface area contributed by atoms with Crippen molar-refractivity contribution in [3.05, 3.63) is 10.7 Å². The third kappa shape index (κ3) is 7.97. The van der Waals surface area contributed by atoms with Gasteiger partial charge in [0, 0.05) is 18.1 Å². The van der Waals surface area contributed by atoms with E-state index in [-0.39, 0.29) is 18.8 Å². The van der Waals surface area contributed by atoms with Crippen LogP contribution in [-0.2, 0) is 9.59 Å². The fourth-order valence-electron chi connectivity index (χ4n) is 1.59. The second kappa shape index (κ2) is 12.2. The van der Waals surface area contributed by atoms with Gasteiger partial charge < -0.3 is 10.2 Å². The second-order valence-electron chi connectivity index (χ2n) is 3.82. The van der Waals surface area contributed by atoms with Gasteiger partial charge in [0.05, 0.1) is 24.8 Å². The van der Waals surface area contributed by atoms with Crippen LogP contribution in [0.2, 0.25) is 0 Å². The average Bonchev–Trinajstić information content (AvgIpc) is 2.70. The van der Waals surface area contributed by atoms with Crippen LogP contribution >= 0.6 is 40.0 Å². The summed E-state index contributed by atoms with van der Waals surface area (Å²) in [5, 5.41) is 7.38. The number of hydrazone groups is 1. The maximum absolute atomic E-state index is 11.5. The van der Waals surface area contributed by atoms with Crippen LogP contribution in [0.25, 0.3) is 0 Å². The van der Waals surface area contributed by atoms with Gasteiger partial charge in [-0.3, -0.25) is 9.59 Å². The van der Waals surface area contributed by atoms with Crippen molar-refractivity contribution in [3.8, 4) is 0 Å². The summed E-state index contributed by atoms with van der Waals surface area (Å²) >= 11 is 8.12. The molecule has 9 heteroatoms. The Morgan fingerprint density at radius 3 is 2.76 bits per heavy atom. The monoisotopic (exact) mass is 446 g/mol. The summed E-state index contributed by atoms with van der Waals surface area (Å²) in [6.45, 7) is 7.37. The van der Waals surface area contributed by atoms with Gasteiger partial charge >= 0.3 is 0 Å². The van der Waals surface area contributed by atoms with Gasteiger partial charge in [-0.2, -0.15) is 5.10 Å². The predicted molar refractivity (Wildman–Crippen MR) is 97.8 cm³/mol. The smallest absolute Gasteiger partial charge is 0.239 e. The molecule has 21 heavy (non-hydrogen) atoms. The minimum absolute atomic E-state index is 0.0377. The van der Waals surface area contributed by atoms with Crippen LogP contribution in [0.1, 0.15) is 27.2 Å². The molecule has 0 aromatic heterocycles. The van der Waals surface area contributed by atoms with E-state index < -0.39 is 0 Å². The summed E-state index contributed by atoms with van der Waals surface area (Å²) in [7, 11) is 0. The molecule has 0 aromatic carbocycles. The van der Waals surface area contributed by atoms with Crippen LogP contribution in [0.5, 0.6) is 0 Å². The maximum atomic E-state index is 11.5. The summed E-state index contributed by atoms with van der Waals surface area (Å²) in [6, 6.07) is 0. The minimum atomic E-state index is -0.0377. The van der Waals surface area contributed by atoms with Gasteiger partial charge in [0.15, 0.2) is 0 Å². The number of amides is 2. The number of carbonyl (C=O) groups excluding carboxylic acids is 2. The van der Waals surface area contributed by atoms with Crippen molar-refractivity contribution in [2.75, 3.05) is 19.6 Å². The molecule has 1 N–H and O–H groups in total. The van der Waals surface area contributed by atoms with E-state index in [1.54, 1.807) is 6.92 Å². The van der Waals surface area contributed by atoms with Gasteiger partial charge in [0.2, 0.25) is 12.3 Å². The van der Waals surface area contributed by atoms with Gasteiger partial charge in [-0.1, -0.05) is 25.4 Å². The molecule has 1 atom stereocenters. The lowest BCUT2D eigenvalue weighted by atomic mass is 10.3. The first-order valence-electron chi connectivity index (χ1n) is 6.61. The Morgan fingerprint density at radius 1 is 1.57 bits per heavy atom. The first-order chi connectivity index (χ1) is 10.1. The maximum Gasteiger partial charge on any atom is 0.239 e. The summed E-state index contributed by atoms with van der Waals surface area (Å²) in [4.78, 5) is 24.1. The highest BCUT2D eigenvalue weighted by atomic mass is 127. The molecule has 0 saturated carbocycles. The Labute approximate surface area is 145 Å². The van der Waals surface area contributed by atoms with Crippen LogP contribution in [0, 0.1) is 0 Å². The van der Waals surface area contributed by atoms with Gasteiger partial charge in [-0.05, 0) is 35.4 Å². The first-order valence-corrected chi connectivity index (χ1v) is 11.0. The fourth-order valence-corrected chi connectivity index (χ4v) is 2.61. The van der Waals surface area contributed by atoms with Crippen LogP contribution in [0.3, 0.4) is 0 Å². The molecule has 1 fully saturated rings. The van der Waals surface area contributed by atoms with E-state index in [0.717, 1.165) is 13.0 Å². The van der Waals surface area contributed by atoms with Gasteiger partial charge in [-0.15, -0.1) is 0 Å². The van der Waals surface area contributed by atoms with Gasteiger partial charge in [0.1, 0.15) is 0 Å². The Hall–Kier alpha value is -0.400. The Balaban J connectivity index is 0.00000191. The van der Waals surface area contributed by atoms with Crippen molar-refractivity contribution in [3.63, 3.8) is 0 Å². The van der Waals surface area contributed by atoms with E-state index in [4.69, 9.17) is 11.6 Å². The molecular weight excluding hydrogens is 425 g/mol. The largest absolute Gasteiger partial charge is 0.360 e. The van der Waals surface area contributed by atoms with Crippen molar-refractivity contribution in [2.24, 2.45) is 5.10 Å². The minimum Gasteiger partial charge on any atom is -0.360 e. The van der Waals surface area contributed by atoms with E-state index >= 15 is 0 Å². The molecule has 1 rings (SSSR count). The zero-order valence-electron chi connectivity index (χ0n) is 12.4. The van der Waals surface area contributed by atoms with Crippen LogP contribution < -0.4 is 5.32 Å². The molecular formula is C12H21ClIN4O2P. The second-order valence-corrected chi connectivity index (χ2v) is 6.46. The summed E-state index contributed by atoms with van der Waals surface area (Å²) in [6.07, 6.45) is 3.24. The first kappa shape index (κ1) is 20.6. The number of allylic oxidation sites excluding steroid dienone is 2. The molecule has 1 aliphatic rings. The Kier molecular flexibility index (Phi) is 11.9. The van der Waals surface area contributed by atoms with Crippen LogP contribution in [-0.4, -0.2) is 47.8 Å². The summed E-state index contributed by atoms with van der Waals surface area (Å²) < 4.78 is 1.28. The average molecular weight is 447 g/mol. The summed E-state index contributed by atoms with van der Waals surface area (Å²) in [5.74, 6) is -0.0377. The van der Waals surface area contributed by atoms with E-state index in [2.05, 4.69) is 32.5 Å². The SMILES string of the molecule is C/C(Cl)=C(\C=N/N(C=O)PI)N1CCCNC(=O)C1.CC. The fraction of sp³-hybridized carbons (Fsp3) is 0.583. The number of rotatable bonds is 5. The molecule has 1 unspecified atom stereocenters. The lowest BCUT2D eigenvalue weighted by Crippen LogP contribution is -2.33. The highest BCUT2D eigenvalue weighted by Gasteiger charge is 2.17. The normalized spacial score (nSPS) is 17.0. The quantitative estimate of drug-likeness (QED) is 0.232. The van der Waals surface area contributed by atoms with Crippen LogP contribution in [0.15, 0.2) is 15.8 Å². The number of hydrogen-bond acceptors (Lipinski definition) is 4. The van der Waals surface area contributed by atoms with Crippen molar-refractivity contribution < 1.29 is 9.59 Å².